The van der Waals surface area contributed by atoms with Crippen LogP contribution in [0.1, 0.15) is 43.4 Å². The van der Waals surface area contributed by atoms with E-state index < -0.39 is 29.6 Å². The van der Waals surface area contributed by atoms with Crippen molar-refractivity contribution in [3.05, 3.63) is 59.2 Å². The smallest absolute Gasteiger partial charge is 0.351 e. The Labute approximate surface area is 191 Å². The van der Waals surface area contributed by atoms with Crippen molar-refractivity contribution >= 4 is 11.9 Å². The van der Waals surface area contributed by atoms with Gasteiger partial charge in [0.15, 0.2) is 6.10 Å². The van der Waals surface area contributed by atoms with Crippen LogP contribution in [0.2, 0.25) is 0 Å². The predicted octanol–water partition coefficient (Wildman–Crippen LogP) is 2.36. The number of carbonyl (C=O) groups is 2. The fourth-order valence-corrected chi connectivity index (χ4v) is 4.50. The Bertz CT molecular complexity index is 1060. The van der Waals surface area contributed by atoms with Gasteiger partial charge >= 0.3 is 11.9 Å². The van der Waals surface area contributed by atoms with Crippen LogP contribution in [-0.2, 0) is 36.6 Å². The van der Waals surface area contributed by atoms with Crippen LogP contribution in [0.25, 0.3) is 0 Å². The molecule has 2 aliphatic rings. The molecule has 8 nitrogen and oxygen atoms in total. The van der Waals surface area contributed by atoms with Gasteiger partial charge in [0.1, 0.15) is 11.5 Å². The fourth-order valence-electron chi connectivity index (χ4n) is 4.50. The topological polar surface area (TPSA) is 126 Å². The lowest BCUT2D eigenvalue weighted by atomic mass is 9.76. The molecule has 2 fully saturated rings. The number of aliphatic hydroxyl groups is 1. The van der Waals surface area contributed by atoms with Gasteiger partial charge in [0.05, 0.1) is 24.2 Å². The predicted molar refractivity (Wildman–Crippen MR) is 117 cm³/mol. The number of phenolic OH excluding ortho intramolecular Hbond substituents is 2. The first-order chi connectivity index (χ1) is 15.6. The average Bonchev–Trinajstić information content (AvgIpc) is 3.27. The molecule has 2 saturated heterocycles. The monoisotopic (exact) mass is 456 g/mol. The first kappa shape index (κ1) is 23.1. The summed E-state index contributed by atoms with van der Waals surface area (Å²) in [4.78, 5) is 25.7. The van der Waals surface area contributed by atoms with Gasteiger partial charge in [-0.1, -0.05) is 24.3 Å². The standard InChI is InChI=1S/C25H28O8/c1-4-31-23(30)25(20(21(28)22(29)33-25)15-6-8-17(26)9-7-15)13-14-5-10-18(27)16(11-14)12-19-24(2,3)32-19/h5-11,19-21,26-28H,4,12-13H2,1-3H3/t19?,20?,21?,25-/m1/s1. The average molecular weight is 456 g/mol. The lowest BCUT2D eigenvalue weighted by Crippen LogP contribution is -2.47. The normalized spacial score (nSPS) is 27.8. The van der Waals surface area contributed by atoms with Gasteiger partial charge in [-0.05, 0) is 55.7 Å². The van der Waals surface area contributed by atoms with E-state index in [1.807, 2.05) is 13.8 Å². The van der Waals surface area contributed by atoms with Crippen molar-refractivity contribution in [2.45, 2.75) is 62.9 Å². The molecular formula is C25H28O8. The minimum atomic E-state index is -1.81. The summed E-state index contributed by atoms with van der Waals surface area (Å²) < 4.78 is 16.5. The highest BCUT2D eigenvalue weighted by atomic mass is 16.6. The van der Waals surface area contributed by atoms with Crippen LogP contribution >= 0.6 is 0 Å². The molecule has 3 unspecified atom stereocenters. The fraction of sp³-hybridized carbons (Fsp3) is 0.440. The Hall–Kier alpha value is -3.10. The molecule has 2 aromatic rings. The van der Waals surface area contributed by atoms with Crippen LogP contribution in [0.3, 0.4) is 0 Å². The maximum Gasteiger partial charge on any atom is 0.351 e. The van der Waals surface area contributed by atoms with E-state index in [9.17, 15) is 24.9 Å². The number of rotatable bonds is 7. The van der Waals surface area contributed by atoms with Crippen LogP contribution in [0.5, 0.6) is 11.5 Å². The first-order valence-corrected chi connectivity index (χ1v) is 10.9. The minimum absolute atomic E-state index is 0.00797. The second kappa shape index (κ2) is 8.35. The molecule has 0 aliphatic carbocycles. The highest BCUT2D eigenvalue weighted by Gasteiger charge is 2.61. The van der Waals surface area contributed by atoms with E-state index in [4.69, 9.17) is 14.2 Å². The van der Waals surface area contributed by atoms with Crippen LogP contribution in [0.4, 0.5) is 0 Å². The lowest BCUT2D eigenvalue weighted by molar-refractivity contribution is -0.175. The number of hydrogen-bond acceptors (Lipinski definition) is 8. The largest absolute Gasteiger partial charge is 0.508 e. The molecule has 4 atom stereocenters. The maximum atomic E-state index is 13.2. The number of benzene rings is 2. The maximum absolute atomic E-state index is 13.2. The molecule has 0 amide bonds. The summed E-state index contributed by atoms with van der Waals surface area (Å²) in [7, 11) is 0. The molecule has 0 bridgehead atoms. The van der Waals surface area contributed by atoms with Gasteiger partial charge in [0.2, 0.25) is 5.60 Å². The Morgan fingerprint density at radius 3 is 2.39 bits per heavy atom. The molecule has 4 rings (SSSR count). The zero-order valence-electron chi connectivity index (χ0n) is 18.8. The Kier molecular flexibility index (Phi) is 5.84. The second-order valence-corrected chi connectivity index (χ2v) is 9.10. The Balaban J connectivity index is 1.73. The van der Waals surface area contributed by atoms with Crippen molar-refractivity contribution in [3.63, 3.8) is 0 Å². The molecule has 176 valence electrons. The van der Waals surface area contributed by atoms with Gasteiger partial charge in [0, 0.05) is 12.8 Å². The number of ether oxygens (including phenoxy) is 3. The molecule has 3 N–H and O–H groups in total. The Morgan fingerprint density at radius 2 is 1.79 bits per heavy atom. The number of cyclic esters (lactones) is 1. The minimum Gasteiger partial charge on any atom is -0.508 e. The molecule has 33 heavy (non-hydrogen) atoms. The van der Waals surface area contributed by atoms with Crippen molar-refractivity contribution in [3.8, 4) is 11.5 Å². The number of aromatic hydroxyl groups is 2. The van der Waals surface area contributed by atoms with Gasteiger partial charge in [-0.25, -0.2) is 9.59 Å². The van der Waals surface area contributed by atoms with Gasteiger partial charge in [-0.15, -0.1) is 0 Å². The van der Waals surface area contributed by atoms with Gasteiger partial charge in [0.25, 0.3) is 0 Å². The summed E-state index contributed by atoms with van der Waals surface area (Å²) in [5.41, 5.74) is -0.351. The molecule has 2 aromatic carbocycles. The summed E-state index contributed by atoms with van der Waals surface area (Å²) in [6, 6.07) is 10.8. The highest BCUT2D eigenvalue weighted by Crippen LogP contribution is 2.45. The van der Waals surface area contributed by atoms with E-state index in [1.54, 1.807) is 19.1 Å². The molecule has 0 spiro atoms. The number of esters is 2. The van der Waals surface area contributed by atoms with Crippen molar-refractivity contribution in [2.75, 3.05) is 6.61 Å². The van der Waals surface area contributed by atoms with Crippen LogP contribution in [0, 0.1) is 0 Å². The third-order valence-corrected chi connectivity index (χ3v) is 6.40. The summed E-state index contributed by atoms with van der Waals surface area (Å²) in [5, 5.41) is 30.7. The summed E-state index contributed by atoms with van der Waals surface area (Å²) in [6.07, 6.45) is -1.20. The van der Waals surface area contributed by atoms with Crippen molar-refractivity contribution in [1.82, 2.24) is 0 Å². The van der Waals surface area contributed by atoms with Crippen molar-refractivity contribution in [2.24, 2.45) is 0 Å². The van der Waals surface area contributed by atoms with E-state index in [1.165, 1.54) is 30.3 Å². The molecule has 0 saturated carbocycles. The second-order valence-electron chi connectivity index (χ2n) is 9.10. The lowest BCUT2D eigenvalue weighted by Gasteiger charge is -2.32. The number of hydrogen-bond donors (Lipinski definition) is 3. The SMILES string of the molecule is CCOC(=O)[C@]1(Cc2ccc(O)c(CC3OC3(C)C)c2)OC(=O)C(O)C1c1ccc(O)cc1. The zero-order valence-corrected chi connectivity index (χ0v) is 18.8. The Morgan fingerprint density at radius 1 is 1.12 bits per heavy atom. The van der Waals surface area contributed by atoms with Crippen molar-refractivity contribution in [1.29, 1.82) is 0 Å². The molecule has 2 heterocycles. The summed E-state index contributed by atoms with van der Waals surface area (Å²) in [5.74, 6) is -2.63. The quantitative estimate of drug-likeness (QED) is 0.428. The third-order valence-electron chi connectivity index (χ3n) is 6.40. The molecule has 0 aromatic heterocycles. The van der Waals surface area contributed by atoms with Crippen LogP contribution in [-0.4, -0.2) is 57.3 Å². The highest BCUT2D eigenvalue weighted by molar-refractivity contribution is 5.92. The van der Waals surface area contributed by atoms with E-state index in [2.05, 4.69) is 0 Å². The van der Waals surface area contributed by atoms with Gasteiger partial charge < -0.3 is 29.5 Å². The number of epoxide rings is 1. The summed E-state index contributed by atoms with van der Waals surface area (Å²) in [6.45, 7) is 5.64. The van der Waals surface area contributed by atoms with E-state index in [0.29, 0.717) is 23.1 Å². The van der Waals surface area contributed by atoms with Gasteiger partial charge in [-0.2, -0.15) is 0 Å². The number of phenols is 2. The molecule has 8 heteroatoms. The molecule has 0 radical (unpaired) electrons. The number of aliphatic hydroxyl groups excluding tert-OH is 1. The molecular weight excluding hydrogens is 428 g/mol. The van der Waals surface area contributed by atoms with E-state index in [-0.39, 0.29) is 36.2 Å². The van der Waals surface area contributed by atoms with Crippen LogP contribution < -0.4 is 0 Å². The van der Waals surface area contributed by atoms with E-state index >= 15 is 0 Å². The van der Waals surface area contributed by atoms with E-state index in [0.717, 1.165) is 0 Å². The van der Waals surface area contributed by atoms with Gasteiger partial charge in [-0.3, -0.25) is 0 Å². The number of carbonyl (C=O) groups excluding carboxylic acids is 2. The zero-order chi connectivity index (χ0) is 24.0. The first-order valence-electron chi connectivity index (χ1n) is 10.9. The van der Waals surface area contributed by atoms with Crippen molar-refractivity contribution < 1.29 is 39.1 Å². The summed E-state index contributed by atoms with van der Waals surface area (Å²) >= 11 is 0. The molecule has 2 aliphatic heterocycles. The third kappa shape index (κ3) is 4.28. The van der Waals surface area contributed by atoms with Crippen LogP contribution in [0.15, 0.2) is 42.5 Å².